The second kappa shape index (κ2) is 6.21. The molecule has 0 bridgehead atoms. The first-order valence-corrected chi connectivity index (χ1v) is 6.14. The van der Waals surface area contributed by atoms with Crippen molar-refractivity contribution in [3.05, 3.63) is 46.6 Å². The number of hydrogen-bond donors (Lipinski definition) is 1. The van der Waals surface area contributed by atoms with Crippen LogP contribution >= 0.6 is 11.6 Å². The molecule has 1 aromatic heterocycles. The van der Waals surface area contributed by atoms with Gasteiger partial charge in [-0.1, -0.05) is 23.7 Å². The smallest absolute Gasteiger partial charge is 0.278 e. The molecular formula is C13H13ClN4O2. The number of aromatic nitrogens is 2. The normalized spacial score (nSPS) is 10.8. The van der Waals surface area contributed by atoms with Crippen molar-refractivity contribution in [3.8, 4) is 5.88 Å². The predicted octanol–water partition coefficient (Wildman–Crippen LogP) is 1.85. The number of halogens is 1. The van der Waals surface area contributed by atoms with Crippen LogP contribution < -0.4 is 10.2 Å². The van der Waals surface area contributed by atoms with Gasteiger partial charge in [-0.25, -0.2) is 5.43 Å². The third-order valence-corrected chi connectivity index (χ3v) is 2.73. The number of nitrogens with zero attached hydrogens (tertiary/aromatic N) is 3. The second-order valence-electron chi connectivity index (χ2n) is 3.98. The highest BCUT2D eigenvalue weighted by Crippen LogP contribution is 2.14. The number of ether oxygens (including phenoxy) is 1. The van der Waals surface area contributed by atoms with E-state index in [1.807, 2.05) is 0 Å². The van der Waals surface area contributed by atoms with E-state index in [2.05, 4.69) is 15.6 Å². The Balaban J connectivity index is 2.03. The fourth-order valence-corrected chi connectivity index (χ4v) is 1.68. The Kier molecular flexibility index (Phi) is 4.37. The summed E-state index contributed by atoms with van der Waals surface area (Å²) in [6.07, 6.45) is 3.09. The lowest BCUT2D eigenvalue weighted by molar-refractivity contribution is 0.0952. The molecule has 1 N–H and O–H groups in total. The molecule has 20 heavy (non-hydrogen) atoms. The fourth-order valence-electron chi connectivity index (χ4n) is 1.55. The molecule has 104 valence electrons. The van der Waals surface area contributed by atoms with Gasteiger partial charge in [-0.2, -0.15) is 5.10 Å². The van der Waals surface area contributed by atoms with Gasteiger partial charge in [0.15, 0.2) is 0 Å². The van der Waals surface area contributed by atoms with Crippen molar-refractivity contribution in [3.63, 3.8) is 0 Å². The molecular weight excluding hydrogens is 280 g/mol. The van der Waals surface area contributed by atoms with Gasteiger partial charge in [0, 0.05) is 18.3 Å². The van der Waals surface area contributed by atoms with Crippen LogP contribution in [0.3, 0.4) is 0 Å². The molecule has 7 heteroatoms. The van der Waals surface area contributed by atoms with Gasteiger partial charge in [-0.3, -0.25) is 9.48 Å². The van der Waals surface area contributed by atoms with E-state index in [9.17, 15) is 4.79 Å². The second-order valence-corrected chi connectivity index (χ2v) is 4.41. The van der Waals surface area contributed by atoms with Crippen molar-refractivity contribution in [2.45, 2.75) is 0 Å². The molecule has 0 fully saturated rings. The lowest BCUT2D eigenvalue weighted by atomic mass is 10.2. The molecule has 0 aliphatic carbocycles. The molecule has 0 unspecified atom stereocenters. The van der Waals surface area contributed by atoms with Crippen molar-refractivity contribution in [1.29, 1.82) is 0 Å². The summed E-state index contributed by atoms with van der Waals surface area (Å²) < 4.78 is 6.50. The monoisotopic (exact) mass is 292 g/mol. The van der Waals surface area contributed by atoms with Crippen LogP contribution in [-0.4, -0.2) is 29.0 Å². The lowest BCUT2D eigenvalue weighted by Crippen LogP contribution is -2.17. The molecule has 1 heterocycles. The number of hydrogen-bond acceptors (Lipinski definition) is 4. The van der Waals surface area contributed by atoms with Crippen LogP contribution in [0.15, 0.2) is 35.6 Å². The summed E-state index contributed by atoms with van der Waals surface area (Å²) in [4.78, 5) is 11.9. The number of methoxy groups -OCH3 is 1. The predicted molar refractivity (Wildman–Crippen MR) is 76.3 cm³/mol. The quantitative estimate of drug-likeness (QED) is 0.690. The maximum atomic E-state index is 11.9. The third-order valence-electron chi connectivity index (χ3n) is 2.48. The topological polar surface area (TPSA) is 68.5 Å². The first-order chi connectivity index (χ1) is 9.60. The summed E-state index contributed by atoms with van der Waals surface area (Å²) in [6.45, 7) is 0. The molecule has 0 spiro atoms. The highest BCUT2D eigenvalue weighted by atomic mass is 35.5. The molecule has 1 amide bonds. The number of benzene rings is 1. The Morgan fingerprint density at radius 1 is 1.45 bits per heavy atom. The van der Waals surface area contributed by atoms with E-state index in [-0.39, 0.29) is 11.8 Å². The molecule has 6 nitrogen and oxygen atoms in total. The Hall–Kier alpha value is -2.34. The van der Waals surface area contributed by atoms with Gasteiger partial charge in [-0.15, -0.1) is 5.10 Å². The fraction of sp³-hybridized carbons (Fsp3) is 0.154. The largest absolute Gasteiger partial charge is 0.479 e. The van der Waals surface area contributed by atoms with E-state index in [1.165, 1.54) is 18.0 Å². The maximum Gasteiger partial charge on any atom is 0.278 e. The zero-order valence-electron chi connectivity index (χ0n) is 11.0. The molecule has 0 saturated carbocycles. The molecule has 2 aromatic rings. The van der Waals surface area contributed by atoms with Crippen molar-refractivity contribution in [2.75, 3.05) is 7.11 Å². The first kappa shape index (κ1) is 14.1. The zero-order chi connectivity index (χ0) is 14.5. The summed E-state index contributed by atoms with van der Waals surface area (Å²) in [5, 5.41) is 8.51. The van der Waals surface area contributed by atoms with Crippen LogP contribution in [0, 0.1) is 0 Å². The Morgan fingerprint density at radius 2 is 2.15 bits per heavy atom. The lowest BCUT2D eigenvalue weighted by Gasteiger charge is -1.99. The van der Waals surface area contributed by atoms with Gasteiger partial charge in [0.2, 0.25) is 5.88 Å². The van der Waals surface area contributed by atoms with Crippen LogP contribution in [-0.2, 0) is 7.05 Å². The van der Waals surface area contributed by atoms with E-state index >= 15 is 0 Å². The first-order valence-electron chi connectivity index (χ1n) is 5.77. The van der Waals surface area contributed by atoms with E-state index in [4.69, 9.17) is 16.3 Å². The van der Waals surface area contributed by atoms with Gasteiger partial charge in [0.25, 0.3) is 5.91 Å². The number of hydrazone groups is 1. The van der Waals surface area contributed by atoms with Crippen LogP contribution in [0.4, 0.5) is 0 Å². The Labute approximate surface area is 121 Å². The van der Waals surface area contributed by atoms with Crippen molar-refractivity contribution in [2.24, 2.45) is 12.1 Å². The summed E-state index contributed by atoms with van der Waals surface area (Å²) in [5.41, 5.74) is 3.56. The van der Waals surface area contributed by atoms with E-state index in [0.29, 0.717) is 10.6 Å². The number of amides is 1. The van der Waals surface area contributed by atoms with Gasteiger partial charge in [0.05, 0.1) is 13.3 Å². The van der Waals surface area contributed by atoms with E-state index < -0.39 is 0 Å². The molecule has 0 saturated heterocycles. The van der Waals surface area contributed by atoms with Crippen LogP contribution in [0.2, 0.25) is 5.02 Å². The minimum Gasteiger partial charge on any atom is -0.479 e. The summed E-state index contributed by atoms with van der Waals surface area (Å²) in [7, 11) is 3.16. The van der Waals surface area contributed by atoms with Crippen molar-refractivity contribution >= 4 is 23.7 Å². The third kappa shape index (κ3) is 3.36. The number of carbonyl (C=O) groups is 1. The molecule has 0 aliphatic rings. The van der Waals surface area contributed by atoms with E-state index in [1.54, 1.807) is 37.5 Å². The van der Waals surface area contributed by atoms with Crippen LogP contribution in [0.1, 0.15) is 15.9 Å². The van der Waals surface area contributed by atoms with Gasteiger partial charge in [0.1, 0.15) is 5.56 Å². The average molecular weight is 293 g/mol. The number of rotatable bonds is 4. The van der Waals surface area contributed by atoms with E-state index in [0.717, 1.165) is 5.56 Å². The summed E-state index contributed by atoms with van der Waals surface area (Å²) in [5.74, 6) is -0.133. The Bertz CT molecular complexity index is 634. The van der Waals surface area contributed by atoms with Crippen LogP contribution in [0.25, 0.3) is 0 Å². The highest BCUT2D eigenvalue weighted by molar-refractivity contribution is 6.30. The molecule has 0 aliphatic heterocycles. The molecule has 0 atom stereocenters. The van der Waals surface area contributed by atoms with Crippen molar-refractivity contribution in [1.82, 2.24) is 15.2 Å². The maximum absolute atomic E-state index is 11.9. The number of nitrogens with one attached hydrogen (secondary N) is 1. The zero-order valence-corrected chi connectivity index (χ0v) is 11.8. The molecule has 2 rings (SSSR count). The van der Waals surface area contributed by atoms with Crippen LogP contribution in [0.5, 0.6) is 5.88 Å². The molecule has 0 radical (unpaired) electrons. The Morgan fingerprint density at radius 3 is 2.80 bits per heavy atom. The SMILES string of the molecule is COc1nn(C)cc1C(=O)N/N=C\c1ccc(Cl)cc1. The van der Waals surface area contributed by atoms with Gasteiger partial charge >= 0.3 is 0 Å². The minimum absolute atomic E-state index is 0.256. The molecule has 1 aromatic carbocycles. The average Bonchev–Trinajstić information content (AvgIpc) is 2.82. The summed E-state index contributed by atoms with van der Waals surface area (Å²) in [6, 6.07) is 7.08. The standard InChI is InChI=1S/C13H13ClN4O2/c1-18-8-11(13(17-18)20-2)12(19)16-15-7-9-3-5-10(14)6-4-9/h3-8H,1-2H3,(H,16,19)/b15-7-. The van der Waals surface area contributed by atoms with Crippen molar-refractivity contribution < 1.29 is 9.53 Å². The number of aryl methyl sites for hydroxylation is 1. The highest BCUT2D eigenvalue weighted by Gasteiger charge is 2.15. The number of carbonyl (C=O) groups excluding carboxylic acids is 1. The van der Waals surface area contributed by atoms with Gasteiger partial charge in [-0.05, 0) is 17.7 Å². The summed E-state index contributed by atoms with van der Waals surface area (Å²) >= 11 is 5.77. The minimum atomic E-state index is -0.389. The van der Waals surface area contributed by atoms with Gasteiger partial charge < -0.3 is 4.74 Å².